The molecule has 3 aliphatic rings. The van der Waals surface area contributed by atoms with Crippen LogP contribution in [0.15, 0.2) is 72.3 Å². The second kappa shape index (κ2) is 7.75. The summed E-state index contributed by atoms with van der Waals surface area (Å²) in [5.74, 6) is -0.562. The van der Waals surface area contributed by atoms with Crippen LogP contribution in [-0.2, 0) is 14.3 Å². The minimum atomic E-state index is -0.299. The number of rotatable bonds is 3. The van der Waals surface area contributed by atoms with Crippen molar-refractivity contribution < 1.29 is 14.3 Å². The first-order valence-electron chi connectivity index (χ1n) is 11.0. The molecule has 30 heavy (non-hydrogen) atoms. The molecule has 2 aliphatic carbocycles. The Balaban J connectivity index is 1.61. The van der Waals surface area contributed by atoms with Crippen LogP contribution in [0.25, 0.3) is 0 Å². The van der Waals surface area contributed by atoms with Gasteiger partial charge in [-0.2, -0.15) is 0 Å². The Kier molecular flexibility index (Phi) is 4.93. The average molecular weight is 402 g/mol. The summed E-state index contributed by atoms with van der Waals surface area (Å²) in [7, 11) is 0. The summed E-state index contributed by atoms with van der Waals surface area (Å²) in [4.78, 5) is 28.7. The first-order valence-corrected chi connectivity index (χ1v) is 11.0. The maximum atomic E-state index is 14.3. The van der Waals surface area contributed by atoms with Gasteiger partial charge in [-0.15, -0.1) is 0 Å². The van der Waals surface area contributed by atoms with E-state index in [0.717, 1.165) is 37.1 Å². The van der Waals surface area contributed by atoms with Crippen molar-refractivity contribution in [3.05, 3.63) is 72.3 Å². The van der Waals surface area contributed by atoms with E-state index in [1.54, 1.807) is 0 Å². The summed E-state index contributed by atoms with van der Waals surface area (Å²) >= 11 is 0. The van der Waals surface area contributed by atoms with Crippen molar-refractivity contribution >= 4 is 23.3 Å². The highest BCUT2D eigenvalue weighted by Gasteiger charge is 2.54. The number of cyclic esters (lactones) is 1. The van der Waals surface area contributed by atoms with E-state index in [1.807, 2.05) is 72.5 Å². The maximum absolute atomic E-state index is 14.3. The van der Waals surface area contributed by atoms with Crippen molar-refractivity contribution in [2.45, 2.75) is 38.7 Å². The van der Waals surface area contributed by atoms with E-state index in [1.165, 1.54) is 5.57 Å². The second-order valence-electron chi connectivity index (χ2n) is 8.71. The Morgan fingerprint density at radius 1 is 0.967 bits per heavy atom. The van der Waals surface area contributed by atoms with Crippen molar-refractivity contribution in [3.8, 4) is 0 Å². The topological polar surface area (TPSA) is 46.6 Å². The molecule has 5 rings (SSSR count). The largest absolute Gasteiger partial charge is 0.462 e. The molecule has 1 unspecified atom stereocenters. The van der Waals surface area contributed by atoms with Crippen molar-refractivity contribution in [2.75, 3.05) is 4.90 Å². The number of carbonyl (C=O) groups is 2. The van der Waals surface area contributed by atoms with E-state index in [9.17, 15) is 9.59 Å². The second-order valence-corrected chi connectivity index (χ2v) is 8.71. The lowest BCUT2D eigenvalue weighted by Crippen LogP contribution is -2.47. The molecular weight excluding hydrogens is 374 g/mol. The van der Waals surface area contributed by atoms with Crippen LogP contribution in [0.2, 0.25) is 0 Å². The molecule has 5 atom stereocenters. The molecule has 2 aromatic carbocycles. The fraction of sp³-hybridized carbons (Fsp3) is 0.385. The van der Waals surface area contributed by atoms with Gasteiger partial charge in [0.25, 0.3) is 0 Å². The number of ether oxygens (including phenoxy) is 1. The van der Waals surface area contributed by atoms with Gasteiger partial charge in [0.15, 0.2) is 0 Å². The molecule has 0 radical (unpaired) electrons. The zero-order valence-corrected chi connectivity index (χ0v) is 17.2. The lowest BCUT2D eigenvalue weighted by atomic mass is 9.62. The molecule has 1 amide bonds. The van der Waals surface area contributed by atoms with Gasteiger partial charge in [-0.05, 0) is 56.4 Å². The highest BCUT2D eigenvalue weighted by Crippen LogP contribution is 2.51. The van der Waals surface area contributed by atoms with E-state index in [2.05, 4.69) is 6.08 Å². The number of hydrogen-bond acceptors (Lipinski definition) is 3. The van der Waals surface area contributed by atoms with Gasteiger partial charge in [0, 0.05) is 17.3 Å². The normalized spacial score (nSPS) is 30.0. The molecule has 0 aromatic heterocycles. The molecular formula is C26H27NO3. The van der Waals surface area contributed by atoms with Crippen molar-refractivity contribution in [3.63, 3.8) is 0 Å². The summed E-state index contributed by atoms with van der Waals surface area (Å²) in [6.45, 7) is 1.94. The average Bonchev–Trinajstić information content (AvgIpc) is 3.07. The molecule has 2 aromatic rings. The number of amides is 1. The predicted molar refractivity (Wildman–Crippen MR) is 116 cm³/mol. The van der Waals surface area contributed by atoms with Crippen LogP contribution in [-0.4, -0.2) is 18.0 Å². The van der Waals surface area contributed by atoms with E-state index in [0.29, 0.717) is 0 Å². The van der Waals surface area contributed by atoms with Gasteiger partial charge in [-0.1, -0.05) is 54.5 Å². The molecule has 1 heterocycles. The lowest BCUT2D eigenvalue weighted by molar-refractivity contribution is -0.142. The molecule has 4 nitrogen and oxygen atoms in total. The number of para-hydroxylation sites is 2. The van der Waals surface area contributed by atoms with Gasteiger partial charge in [-0.3, -0.25) is 14.5 Å². The fourth-order valence-corrected chi connectivity index (χ4v) is 5.71. The van der Waals surface area contributed by atoms with Crippen LogP contribution in [0.5, 0.6) is 0 Å². The smallest absolute Gasteiger partial charge is 0.313 e. The maximum Gasteiger partial charge on any atom is 0.313 e. The number of fused-ring (bicyclic) bond motifs is 2. The highest BCUT2D eigenvalue weighted by atomic mass is 16.6. The van der Waals surface area contributed by atoms with Crippen molar-refractivity contribution in [1.82, 2.24) is 0 Å². The fourth-order valence-electron chi connectivity index (χ4n) is 5.71. The monoisotopic (exact) mass is 401 g/mol. The third-order valence-corrected chi connectivity index (χ3v) is 7.01. The molecule has 154 valence electrons. The first kappa shape index (κ1) is 19.1. The van der Waals surface area contributed by atoms with Gasteiger partial charge in [-0.25, -0.2) is 0 Å². The molecule has 0 bridgehead atoms. The third kappa shape index (κ3) is 3.15. The lowest BCUT2D eigenvalue weighted by Gasteiger charge is -2.42. The van der Waals surface area contributed by atoms with Gasteiger partial charge in [0.05, 0.1) is 11.8 Å². The summed E-state index contributed by atoms with van der Waals surface area (Å²) < 4.78 is 5.63. The number of nitrogens with zero attached hydrogens (tertiary/aromatic N) is 1. The van der Waals surface area contributed by atoms with Crippen LogP contribution in [0, 0.1) is 23.7 Å². The molecule has 0 spiro atoms. The minimum Gasteiger partial charge on any atom is -0.462 e. The zero-order chi connectivity index (χ0) is 20.7. The SMILES string of the molecule is C[C@H]1OC(=O)[C@@H]2C=C3CCCCC3[C@H](C(=O)N(c3ccccc3)c3ccccc3)[C@H]12. The van der Waals surface area contributed by atoms with Crippen LogP contribution in [0.4, 0.5) is 11.4 Å². The van der Waals surface area contributed by atoms with Crippen LogP contribution in [0.1, 0.15) is 32.6 Å². The number of esters is 1. The molecule has 1 saturated carbocycles. The Bertz CT molecular complexity index is 929. The van der Waals surface area contributed by atoms with E-state index >= 15 is 0 Å². The van der Waals surface area contributed by atoms with E-state index in [-0.39, 0.29) is 41.7 Å². The Hall–Kier alpha value is -2.88. The van der Waals surface area contributed by atoms with Gasteiger partial charge in [0.1, 0.15) is 6.10 Å². The standard InChI is InChI=1S/C26H27NO3/c1-17-23-22(26(29)30-17)16-18-10-8-9-15-21(18)24(23)25(28)27(19-11-4-2-5-12-19)20-13-6-3-7-14-20/h2-7,11-14,16-17,21-24H,8-10,15H2,1H3/t17-,21?,22-,23-,24+/m1/s1. The van der Waals surface area contributed by atoms with Crippen molar-refractivity contribution in [1.29, 1.82) is 0 Å². The summed E-state index contributed by atoms with van der Waals surface area (Å²) in [6.07, 6.45) is 6.14. The van der Waals surface area contributed by atoms with E-state index in [4.69, 9.17) is 4.74 Å². The van der Waals surface area contributed by atoms with Gasteiger partial charge in [0.2, 0.25) is 5.91 Å². The predicted octanol–water partition coefficient (Wildman–Crippen LogP) is 5.28. The number of hydrogen-bond donors (Lipinski definition) is 0. The Morgan fingerprint density at radius 3 is 2.23 bits per heavy atom. The number of allylic oxidation sites excluding steroid dienone is 1. The number of carbonyl (C=O) groups excluding carboxylic acids is 2. The Labute approximate surface area is 177 Å². The molecule has 4 heteroatoms. The molecule has 0 N–H and O–H groups in total. The third-order valence-electron chi connectivity index (χ3n) is 7.01. The minimum absolute atomic E-state index is 0.0741. The highest BCUT2D eigenvalue weighted by molar-refractivity contribution is 6.03. The van der Waals surface area contributed by atoms with E-state index < -0.39 is 0 Å². The summed E-state index contributed by atoms with van der Waals surface area (Å²) in [6, 6.07) is 19.6. The quantitative estimate of drug-likeness (QED) is 0.520. The Morgan fingerprint density at radius 2 is 1.60 bits per heavy atom. The van der Waals surface area contributed by atoms with Crippen LogP contribution >= 0.6 is 0 Å². The summed E-state index contributed by atoms with van der Waals surface area (Å²) in [5, 5.41) is 0. The number of anilines is 2. The molecule has 2 fully saturated rings. The molecule has 1 aliphatic heterocycles. The summed E-state index contributed by atoms with van der Waals surface area (Å²) in [5.41, 5.74) is 3.00. The first-order chi connectivity index (χ1) is 14.6. The van der Waals surface area contributed by atoms with Crippen LogP contribution < -0.4 is 4.90 Å². The van der Waals surface area contributed by atoms with Gasteiger partial charge < -0.3 is 4.74 Å². The zero-order valence-electron chi connectivity index (χ0n) is 17.2. The molecule has 1 saturated heterocycles. The van der Waals surface area contributed by atoms with Gasteiger partial charge >= 0.3 is 5.97 Å². The number of benzene rings is 2. The van der Waals surface area contributed by atoms with Crippen LogP contribution in [0.3, 0.4) is 0 Å². The van der Waals surface area contributed by atoms with Crippen molar-refractivity contribution in [2.24, 2.45) is 23.7 Å².